The molecule has 1 unspecified atom stereocenters. The van der Waals surface area contributed by atoms with E-state index in [1.54, 1.807) is 6.07 Å². The molecule has 3 rings (SSSR count). The van der Waals surface area contributed by atoms with E-state index in [2.05, 4.69) is 4.90 Å². The predicted octanol–water partition coefficient (Wildman–Crippen LogP) is 0.909. The monoisotopic (exact) mass is 317 g/mol. The van der Waals surface area contributed by atoms with Crippen molar-refractivity contribution >= 4 is 12.4 Å². The summed E-state index contributed by atoms with van der Waals surface area (Å²) in [5, 5.41) is 9.99. The highest BCUT2D eigenvalue weighted by atomic mass is 35.5. The van der Waals surface area contributed by atoms with Crippen LogP contribution >= 0.6 is 12.4 Å². The number of aliphatic hydroxyl groups excluding tert-OH is 1. The van der Waals surface area contributed by atoms with Gasteiger partial charge < -0.3 is 24.1 Å². The number of nitrogens with zero attached hydrogens (tertiary/aromatic N) is 1. The van der Waals surface area contributed by atoms with Crippen LogP contribution in [-0.4, -0.2) is 62.4 Å². The topological polar surface area (TPSA) is 60.4 Å². The first kappa shape index (κ1) is 16.2. The van der Waals surface area contributed by atoms with E-state index in [9.17, 15) is 5.11 Å². The van der Waals surface area contributed by atoms with Gasteiger partial charge in [-0.15, -0.1) is 12.4 Å². The summed E-state index contributed by atoms with van der Waals surface area (Å²) in [7, 11) is 0. The zero-order valence-electron chi connectivity index (χ0n) is 11.7. The molecule has 1 aromatic carbocycles. The van der Waals surface area contributed by atoms with Crippen molar-refractivity contribution in [2.45, 2.75) is 6.10 Å². The first-order valence-corrected chi connectivity index (χ1v) is 6.82. The molecule has 1 atom stereocenters. The van der Waals surface area contributed by atoms with E-state index in [0.717, 1.165) is 32.1 Å². The molecule has 118 valence electrons. The lowest BCUT2D eigenvalue weighted by atomic mass is 10.3. The minimum atomic E-state index is -0.515. The van der Waals surface area contributed by atoms with Crippen molar-refractivity contribution in [2.24, 2.45) is 0 Å². The maximum Gasteiger partial charge on any atom is 0.231 e. The fourth-order valence-corrected chi connectivity index (χ4v) is 2.29. The summed E-state index contributed by atoms with van der Waals surface area (Å²) in [6.07, 6.45) is -0.515. The van der Waals surface area contributed by atoms with Crippen molar-refractivity contribution in [2.75, 3.05) is 46.2 Å². The molecule has 2 heterocycles. The summed E-state index contributed by atoms with van der Waals surface area (Å²) >= 11 is 0. The molecule has 1 fully saturated rings. The third-order valence-corrected chi connectivity index (χ3v) is 3.36. The molecule has 2 aliphatic heterocycles. The van der Waals surface area contributed by atoms with E-state index in [-0.39, 0.29) is 25.8 Å². The Morgan fingerprint density at radius 2 is 1.95 bits per heavy atom. The van der Waals surface area contributed by atoms with E-state index in [4.69, 9.17) is 18.9 Å². The normalized spacial score (nSPS) is 18.9. The summed E-state index contributed by atoms with van der Waals surface area (Å²) in [4.78, 5) is 2.18. The molecule has 0 saturated carbocycles. The first-order chi connectivity index (χ1) is 9.81. The minimum Gasteiger partial charge on any atom is -0.491 e. The second-order valence-electron chi connectivity index (χ2n) is 4.89. The number of ether oxygens (including phenoxy) is 4. The third-order valence-electron chi connectivity index (χ3n) is 3.36. The average molecular weight is 318 g/mol. The van der Waals surface area contributed by atoms with Crippen LogP contribution in [0.15, 0.2) is 18.2 Å². The highest BCUT2D eigenvalue weighted by Crippen LogP contribution is 2.35. The van der Waals surface area contributed by atoms with Gasteiger partial charge in [0, 0.05) is 25.7 Å². The zero-order valence-corrected chi connectivity index (χ0v) is 12.5. The van der Waals surface area contributed by atoms with Crippen LogP contribution in [0.2, 0.25) is 0 Å². The highest BCUT2D eigenvalue weighted by Gasteiger charge is 2.17. The molecule has 21 heavy (non-hydrogen) atoms. The number of benzene rings is 1. The maximum atomic E-state index is 9.99. The van der Waals surface area contributed by atoms with Gasteiger partial charge in [-0.2, -0.15) is 0 Å². The fourth-order valence-electron chi connectivity index (χ4n) is 2.29. The van der Waals surface area contributed by atoms with Gasteiger partial charge in [-0.05, 0) is 12.1 Å². The summed E-state index contributed by atoms with van der Waals surface area (Å²) < 4.78 is 21.4. The summed E-state index contributed by atoms with van der Waals surface area (Å²) in [5.74, 6) is 2.09. The van der Waals surface area contributed by atoms with Gasteiger partial charge in [-0.1, -0.05) is 0 Å². The number of hydrogen-bond donors (Lipinski definition) is 1. The van der Waals surface area contributed by atoms with E-state index in [1.807, 2.05) is 12.1 Å². The van der Waals surface area contributed by atoms with Crippen molar-refractivity contribution < 1.29 is 24.1 Å². The molecule has 0 amide bonds. The predicted molar refractivity (Wildman–Crippen MR) is 78.6 cm³/mol. The summed E-state index contributed by atoms with van der Waals surface area (Å²) in [6.45, 7) is 4.30. The van der Waals surface area contributed by atoms with Gasteiger partial charge in [0.25, 0.3) is 0 Å². The van der Waals surface area contributed by atoms with Crippen molar-refractivity contribution in [3.8, 4) is 17.2 Å². The third kappa shape index (κ3) is 4.38. The van der Waals surface area contributed by atoms with Crippen molar-refractivity contribution in [3.63, 3.8) is 0 Å². The lowest BCUT2D eigenvalue weighted by Crippen LogP contribution is -2.42. The molecule has 2 aliphatic rings. The number of β-amino-alcohol motifs (C(OH)–C–C–N with tert-alkyl or cyclic N) is 1. The van der Waals surface area contributed by atoms with E-state index >= 15 is 0 Å². The first-order valence-electron chi connectivity index (χ1n) is 6.82. The fraction of sp³-hybridized carbons (Fsp3) is 0.571. The van der Waals surface area contributed by atoms with Crippen LogP contribution in [0.4, 0.5) is 0 Å². The average Bonchev–Trinajstić information content (AvgIpc) is 2.93. The van der Waals surface area contributed by atoms with Crippen LogP contribution in [0.5, 0.6) is 17.2 Å². The highest BCUT2D eigenvalue weighted by molar-refractivity contribution is 5.85. The van der Waals surface area contributed by atoms with Gasteiger partial charge in [0.05, 0.1) is 13.2 Å². The Labute approximate surface area is 130 Å². The largest absolute Gasteiger partial charge is 0.491 e. The van der Waals surface area contributed by atoms with Gasteiger partial charge in [0.1, 0.15) is 18.5 Å². The number of hydrogen-bond acceptors (Lipinski definition) is 6. The zero-order chi connectivity index (χ0) is 13.8. The molecule has 0 aromatic heterocycles. The van der Waals surface area contributed by atoms with Crippen LogP contribution in [0.1, 0.15) is 0 Å². The second kappa shape index (κ2) is 7.70. The molecule has 7 heteroatoms. The molecular formula is C14H20ClNO5. The lowest BCUT2D eigenvalue weighted by Gasteiger charge is -2.28. The number of fused-ring (bicyclic) bond motifs is 1. The summed E-state index contributed by atoms with van der Waals surface area (Å²) in [6, 6.07) is 5.41. The van der Waals surface area contributed by atoms with Crippen LogP contribution in [0.25, 0.3) is 0 Å². The van der Waals surface area contributed by atoms with Gasteiger partial charge in [0.2, 0.25) is 6.79 Å². The quantitative estimate of drug-likeness (QED) is 0.871. The van der Waals surface area contributed by atoms with Crippen LogP contribution in [0, 0.1) is 0 Å². The molecule has 0 bridgehead atoms. The van der Waals surface area contributed by atoms with Gasteiger partial charge >= 0.3 is 0 Å². The molecule has 1 saturated heterocycles. The van der Waals surface area contributed by atoms with Gasteiger partial charge in [0.15, 0.2) is 11.5 Å². The number of morpholine rings is 1. The Hall–Kier alpha value is -1.21. The van der Waals surface area contributed by atoms with Crippen LogP contribution in [0.3, 0.4) is 0 Å². The number of halogens is 1. The molecule has 1 N–H and O–H groups in total. The Morgan fingerprint density at radius 3 is 2.76 bits per heavy atom. The van der Waals surface area contributed by atoms with Crippen molar-refractivity contribution in [3.05, 3.63) is 18.2 Å². The Morgan fingerprint density at radius 1 is 1.19 bits per heavy atom. The standard InChI is InChI=1S/C14H19NO5.ClH/c16-11(8-15-3-5-17-6-4-15)9-18-12-1-2-13-14(7-12)20-10-19-13;/h1-2,7,11,16H,3-6,8-10H2;1H. The van der Waals surface area contributed by atoms with Crippen LogP contribution in [-0.2, 0) is 4.74 Å². The van der Waals surface area contributed by atoms with Gasteiger partial charge in [-0.3, -0.25) is 4.90 Å². The molecule has 6 nitrogen and oxygen atoms in total. The maximum absolute atomic E-state index is 9.99. The van der Waals surface area contributed by atoms with Crippen LogP contribution < -0.4 is 14.2 Å². The van der Waals surface area contributed by atoms with Crippen molar-refractivity contribution in [1.82, 2.24) is 4.90 Å². The second-order valence-corrected chi connectivity index (χ2v) is 4.89. The smallest absolute Gasteiger partial charge is 0.231 e. The van der Waals surface area contributed by atoms with Crippen molar-refractivity contribution in [1.29, 1.82) is 0 Å². The molecule has 0 aliphatic carbocycles. The number of rotatable bonds is 5. The lowest BCUT2D eigenvalue weighted by molar-refractivity contribution is 0.00464. The number of aliphatic hydroxyl groups is 1. The Bertz CT molecular complexity index is 453. The Kier molecular flexibility index (Phi) is 5.93. The Balaban J connectivity index is 0.00000161. The van der Waals surface area contributed by atoms with E-state index < -0.39 is 6.10 Å². The molecule has 0 spiro atoms. The van der Waals surface area contributed by atoms with E-state index in [0.29, 0.717) is 18.0 Å². The van der Waals surface area contributed by atoms with Gasteiger partial charge in [-0.25, -0.2) is 0 Å². The molecule has 1 aromatic rings. The molecular weight excluding hydrogens is 298 g/mol. The summed E-state index contributed by atoms with van der Waals surface area (Å²) in [5.41, 5.74) is 0. The molecule has 0 radical (unpaired) electrons. The van der Waals surface area contributed by atoms with E-state index in [1.165, 1.54) is 0 Å². The SMILES string of the molecule is Cl.OC(COc1ccc2c(c1)OCO2)CN1CCOCC1. The minimum absolute atomic E-state index is 0.